The molecule has 1 aromatic rings. The Morgan fingerprint density at radius 3 is 2.58 bits per heavy atom. The van der Waals surface area contributed by atoms with Gasteiger partial charge in [0.25, 0.3) is 0 Å². The number of aliphatic hydroxyl groups is 3. The molecule has 1 aromatic heterocycles. The molecule has 2 heterocycles. The molecule has 1 saturated heterocycles. The Morgan fingerprint density at radius 2 is 2.00 bits per heavy atom. The molecule has 1 aliphatic heterocycles. The molecule has 5 atom stereocenters. The zero-order valence-electron chi connectivity index (χ0n) is 9.66. The van der Waals surface area contributed by atoms with E-state index in [1.165, 1.54) is 18.5 Å². The standard InChI is InChI=1S/C11H13NO7/c13-6-7(14)9(10(16)17)19-11(8(6)15)18-5-2-1-3-12-4-5/h1-4,6-9,11,13-15H,(H,16,17)/t6-,7-,8+,9-,11?/m0/s1. The summed E-state index contributed by atoms with van der Waals surface area (Å²) in [6, 6.07) is 3.10. The van der Waals surface area contributed by atoms with E-state index in [1.807, 2.05) is 0 Å². The monoisotopic (exact) mass is 271 g/mol. The molecule has 4 N–H and O–H groups in total. The maximum atomic E-state index is 10.9. The van der Waals surface area contributed by atoms with Gasteiger partial charge in [0.2, 0.25) is 6.29 Å². The second-order valence-corrected chi connectivity index (χ2v) is 4.04. The molecule has 2 rings (SSSR count). The highest BCUT2D eigenvalue weighted by molar-refractivity contribution is 5.73. The van der Waals surface area contributed by atoms with E-state index in [4.69, 9.17) is 14.6 Å². The quantitative estimate of drug-likeness (QED) is 0.514. The van der Waals surface area contributed by atoms with Crippen LogP contribution in [-0.2, 0) is 9.53 Å². The van der Waals surface area contributed by atoms with Crippen molar-refractivity contribution in [3.63, 3.8) is 0 Å². The highest BCUT2D eigenvalue weighted by Crippen LogP contribution is 2.23. The van der Waals surface area contributed by atoms with Gasteiger partial charge in [-0.3, -0.25) is 4.98 Å². The zero-order valence-corrected chi connectivity index (χ0v) is 9.66. The van der Waals surface area contributed by atoms with Crippen LogP contribution >= 0.6 is 0 Å². The van der Waals surface area contributed by atoms with Crippen LogP contribution in [0.4, 0.5) is 0 Å². The van der Waals surface area contributed by atoms with Crippen LogP contribution in [0, 0.1) is 0 Å². The minimum atomic E-state index is -1.73. The van der Waals surface area contributed by atoms with Crippen molar-refractivity contribution in [1.82, 2.24) is 4.98 Å². The molecule has 0 aliphatic carbocycles. The average molecular weight is 271 g/mol. The fourth-order valence-electron chi connectivity index (χ4n) is 1.70. The number of carbonyl (C=O) groups is 1. The van der Waals surface area contributed by atoms with Gasteiger partial charge in [0, 0.05) is 6.20 Å². The van der Waals surface area contributed by atoms with Gasteiger partial charge in [0.15, 0.2) is 6.10 Å². The normalized spacial score (nSPS) is 34.8. The van der Waals surface area contributed by atoms with Crippen molar-refractivity contribution in [2.75, 3.05) is 0 Å². The Balaban J connectivity index is 2.13. The Bertz CT molecular complexity index is 440. The topological polar surface area (TPSA) is 129 Å². The van der Waals surface area contributed by atoms with E-state index in [-0.39, 0.29) is 5.75 Å². The third kappa shape index (κ3) is 2.82. The molecule has 1 unspecified atom stereocenters. The maximum Gasteiger partial charge on any atom is 0.335 e. The van der Waals surface area contributed by atoms with Crippen molar-refractivity contribution < 1.29 is 34.7 Å². The first-order valence-corrected chi connectivity index (χ1v) is 5.50. The summed E-state index contributed by atoms with van der Waals surface area (Å²) in [6.07, 6.45) is -5.25. The lowest BCUT2D eigenvalue weighted by Crippen LogP contribution is -2.61. The number of carboxylic acid groups (broad SMARTS) is 1. The number of aliphatic carboxylic acids is 1. The van der Waals surface area contributed by atoms with Crippen molar-refractivity contribution in [3.05, 3.63) is 24.5 Å². The van der Waals surface area contributed by atoms with E-state index < -0.39 is 36.7 Å². The average Bonchev–Trinajstić information content (AvgIpc) is 2.40. The zero-order chi connectivity index (χ0) is 14.0. The summed E-state index contributed by atoms with van der Waals surface area (Å²) < 4.78 is 10.1. The molecule has 0 bridgehead atoms. The van der Waals surface area contributed by atoms with E-state index in [2.05, 4.69) is 4.98 Å². The minimum absolute atomic E-state index is 0.235. The van der Waals surface area contributed by atoms with E-state index >= 15 is 0 Å². The maximum absolute atomic E-state index is 10.9. The number of aromatic nitrogens is 1. The Kier molecular flexibility index (Phi) is 3.96. The second-order valence-electron chi connectivity index (χ2n) is 4.04. The van der Waals surface area contributed by atoms with Gasteiger partial charge in [-0.1, -0.05) is 0 Å². The molecule has 1 fully saturated rings. The number of aliphatic hydroxyl groups excluding tert-OH is 3. The summed E-state index contributed by atoms with van der Waals surface area (Å²) in [4.78, 5) is 14.6. The predicted octanol–water partition coefficient (Wildman–Crippen LogP) is -1.65. The van der Waals surface area contributed by atoms with Crippen LogP contribution in [0.15, 0.2) is 24.5 Å². The molecule has 0 radical (unpaired) electrons. The predicted molar refractivity (Wildman–Crippen MR) is 59.2 cm³/mol. The number of pyridine rings is 1. The summed E-state index contributed by atoms with van der Waals surface area (Å²) in [7, 11) is 0. The van der Waals surface area contributed by atoms with Gasteiger partial charge in [0.1, 0.15) is 24.1 Å². The summed E-state index contributed by atoms with van der Waals surface area (Å²) in [6.45, 7) is 0. The Hall–Kier alpha value is -1.74. The highest BCUT2D eigenvalue weighted by atomic mass is 16.7. The first kappa shape index (κ1) is 13.7. The number of carboxylic acids is 1. The van der Waals surface area contributed by atoms with Crippen LogP contribution in [0.2, 0.25) is 0 Å². The van der Waals surface area contributed by atoms with Gasteiger partial charge in [-0.25, -0.2) is 4.79 Å². The summed E-state index contributed by atoms with van der Waals surface area (Å²) in [5.74, 6) is -1.22. The number of hydrogen-bond donors (Lipinski definition) is 4. The number of ether oxygens (including phenoxy) is 2. The lowest BCUT2D eigenvalue weighted by molar-refractivity contribution is -0.271. The van der Waals surface area contributed by atoms with Gasteiger partial charge >= 0.3 is 5.97 Å². The fraction of sp³-hybridized carbons (Fsp3) is 0.455. The lowest BCUT2D eigenvalue weighted by atomic mass is 9.99. The highest BCUT2D eigenvalue weighted by Gasteiger charge is 2.48. The van der Waals surface area contributed by atoms with E-state index in [9.17, 15) is 20.1 Å². The molecule has 0 aromatic carbocycles. The van der Waals surface area contributed by atoms with Crippen LogP contribution in [0.25, 0.3) is 0 Å². The van der Waals surface area contributed by atoms with Crippen LogP contribution < -0.4 is 4.74 Å². The van der Waals surface area contributed by atoms with Crippen molar-refractivity contribution in [2.45, 2.75) is 30.7 Å². The van der Waals surface area contributed by atoms with E-state index in [0.29, 0.717) is 0 Å². The van der Waals surface area contributed by atoms with Gasteiger partial charge in [-0.05, 0) is 12.1 Å². The largest absolute Gasteiger partial charge is 0.479 e. The molecular weight excluding hydrogens is 258 g/mol. The van der Waals surface area contributed by atoms with Gasteiger partial charge in [0.05, 0.1) is 6.20 Å². The Labute approximate surface area is 107 Å². The molecule has 8 heteroatoms. The lowest BCUT2D eigenvalue weighted by Gasteiger charge is -2.38. The van der Waals surface area contributed by atoms with Gasteiger partial charge in [-0.2, -0.15) is 0 Å². The minimum Gasteiger partial charge on any atom is -0.479 e. The van der Waals surface area contributed by atoms with Crippen LogP contribution in [-0.4, -0.2) is 62.1 Å². The van der Waals surface area contributed by atoms with Crippen molar-refractivity contribution >= 4 is 5.97 Å². The third-order valence-corrected chi connectivity index (χ3v) is 2.70. The molecule has 19 heavy (non-hydrogen) atoms. The smallest absolute Gasteiger partial charge is 0.335 e. The summed E-state index contributed by atoms with van der Waals surface area (Å²) in [5, 5.41) is 37.6. The summed E-state index contributed by atoms with van der Waals surface area (Å²) >= 11 is 0. The van der Waals surface area contributed by atoms with Crippen molar-refractivity contribution in [1.29, 1.82) is 0 Å². The second kappa shape index (κ2) is 5.49. The molecular formula is C11H13NO7. The number of hydrogen-bond acceptors (Lipinski definition) is 7. The fourth-order valence-corrected chi connectivity index (χ4v) is 1.70. The van der Waals surface area contributed by atoms with Crippen LogP contribution in [0.3, 0.4) is 0 Å². The van der Waals surface area contributed by atoms with Crippen molar-refractivity contribution in [3.8, 4) is 5.75 Å². The van der Waals surface area contributed by atoms with Gasteiger partial charge in [-0.15, -0.1) is 0 Å². The number of rotatable bonds is 3. The molecule has 0 amide bonds. The van der Waals surface area contributed by atoms with E-state index in [1.54, 1.807) is 6.07 Å². The molecule has 104 valence electrons. The molecule has 8 nitrogen and oxygen atoms in total. The molecule has 1 aliphatic rings. The van der Waals surface area contributed by atoms with E-state index in [0.717, 1.165) is 0 Å². The Morgan fingerprint density at radius 1 is 1.26 bits per heavy atom. The van der Waals surface area contributed by atoms with Crippen molar-refractivity contribution in [2.24, 2.45) is 0 Å². The third-order valence-electron chi connectivity index (χ3n) is 2.70. The summed E-state index contributed by atoms with van der Waals surface area (Å²) in [5.41, 5.74) is 0. The molecule has 0 spiro atoms. The van der Waals surface area contributed by atoms with Crippen LogP contribution in [0.5, 0.6) is 5.75 Å². The molecule has 0 saturated carbocycles. The van der Waals surface area contributed by atoms with Crippen LogP contribution in [0.1, 0.15) is 0 Å². The first-order chi connectivity index (χ1) is 9.00. The van der Waals surface area contributed by atoms with Gasteiger partial charge < -0.3 is 29.9 Å². The SMILES string of the molecule is O=C(O)[C@H]1OC(Oc2cccnc2)[C@H](O)[C@@H](O)[C@@H]1O. The first-order valence-electron chi connectivity index (χ1n) is 5.50. The number of nitrogens with zero attached hydrogens (tertiary/aromatic N) is 1.